The van der Waals surface area contributed by atoms with Gasteiger partial charge in [0.1, 0.15) is 5.75 Å². The van der Waals surface area contributed by atoms with Crippen LogP contribution < -0.4 is 4.74 Å². The first-order valence-electron chi connectivity index (χ1n) is 8.85. The van der Waals surface area contributed by atoms with Crippen molar-refractivity contribution in [1.82, 2.24) is 9.21 Å². The summed E-state index contributed by atoms with van der Waals surface area (Å²) < 4.78 is 33.0. The Bertz CT molecular complexity index is 947. The largest absolute Gasteiger partial charge is 0.494 e. The molecule has 0 saturated carbocycles. The topological polar surface area (TPSA) is 66.9 Å². The lowest BCUT2D eigenvalue weighted by atomic mass is 10.3. The molecule has 2 aromatic rings. The zero-order chi connectivity index (χ0) is 20.1. The monoisotopic (exact) mass is 440 g/mol. The molecule has 1 aliphatic heterocycles. The summed E-state index contributed by atoms with van der Waals surface area (Å²) in [7, 11) is -3.59. The lowest BCUT2D eigenvalue weighted by Crippen LogP contribution is -2.50. The van der Waals surface area contributed by atoms with E-state index in [1.54, 1.807) is 41.3 Å². The van der Waals surface area contributed by atoms with Gasteiger partial charge in [-0.2, -0.15) is 4.31 Å². The second-order valence-electron chi connectivity index (χ2n) is 6.11. The lowest BCUT2D eigenvalue weighted by molar-refractivity contribution is -0.127. The SMILES string of the molecule is CCOc1ccc(S(=O)(=O)N2CCN(C(=O)/C=C/c3ccc(Cl)s3)CC2)cc1. The molecule has 6 nitrogen and oxygen atoms in total. The van der Waals surface area contributed by atoms with E-state index in [-0.39, 0.29) is 23.9 Å². The second kappa shape index (κ2) is 9.09. The highest BCUT2D eigenvalue weighted by atomic mass is 35.5. The number of piperazine rings is 1. The molecular weight excluding hydrogens is 420 g/mol. The summed E-state index contributed by atoms with van der Waals surface area (Å²) in [5, 5.41) is 0. The molecule has 28 heavy (non-hydrogen) atoms. The van der Waals surface area contributed by atoms with E-state index >= 15 is 0 Å². The molecule has 0 unspecified atom stereocenters. The molecule has 1 amide bonds. The lowest BCUT2D eigenvalue weighted by Gasteiger charge is -2.33. The van der Waals surface area contributed by atoms with E-state index in [1.165, 1.54) is 21.7 Å². The number of amides is 1. The van der Waals surface area contributed by atoms with Gasteiger partial charge in [-0.25, -0.2) is 8.42 Å². The van der Waals surface area contributed by atoms with Crippen molar-refractivity contribution in [2.75, 3.05) is 32.8 Å². The summed E-state index contributed by atoms with van der Waals surface area (Å²) in [4.78, 5) is 15.1. The molecule has 2 heterocycles. The fourth-order valence-corrected chi connectivity index (χ4v) is 5.23. The molecule has 0 atom stereocenters. The van der Waals surface area contributed by atoms with Gasteiger partial charge in [-0.1, -0.05) is 11.6 Å². The highest BCUT2D eigenvalue weighted by Crippen LogP contribution is 2.23. The molecule has 1 fully saturated rings. The maximum atomic E-state index is 12.8. The standard InChI is InChI=1S/C19H21ClN2O4S2/c1-2-26-15-3-7-17(8-4-15)28(24,25)22-13-11-21(12-14-22)19(23)10-6-16-5-9-18(20)27-16/h3-10H,2,11-14H2,1H3/b10-6+. The number of carbonyl (C=O) groups is 1. The molecule has 0 bridgehead atoms. The van der Waals surface area contributed by atoms with E-state index in [0.717, 1.165) is 4.88 Å². The van der Waals surface area contributed by atoms with E-state index in [1.807, 2.05) is 13.0 Å². The number of rotatable bonds is 6. The normalized spacial score (nSPS) is 15.9. The molecular formula is C19H21ClN2O4S2. The van der Waals surface area contributed by atoms with E-state index < -0.39 is 10.0 Å². The summed E-state index contributed by atoms with van der Waals surface area (Å²) in [6.45, 7) is 3.63. The van der Waals surface area contributed by atoms with Crippen LogP contribution in [0.2, 0.25) is 4.34 Å². The second-order valence-corrected chi connectivity index (χ2v) is 9.79. The highest BCUT2D eigenvalue weighted by Gasteiger charge is 2.29. The van der Waals surface area contributed by atoms with Crippen molar-refractivity contribution in [3.8, 4) is 5.75 Å². The fraction of sp³-hybridized carbons (Fsp3) is 0.316. The molecule has 0 aliphatic carbocycles. The van der Waals surface area contributed by atoms with Crippen LogP contribution in [0.1, 0.15) is 11.8 Å². The van der Waals surface area contributed by atoms with Crippen molar-refractivity contribution in [3.63, 3.8) is 0 Å². The third kappa shape index (κ3) is 4.94. The minimum absolute atomic E-state index is 0.136. The molecule has 1 aromatic carbocycles. The van der Waals surface area contributed by atoms with Gasteiger partial charge < -0.3 is 9.64 Å². The summed E-state index contributed by atoms with van der Waals surface area (Å²) in [6, 6.07) is 10.0. The first-order valence-corrected chi connectivity index (χ1v) is 11.5. The number of carbonyl (C=O) groups excluding carboxylic acids is 1. The smallest absolute Gasteiger partial charge is 0.246 e. The number of hydrogen-bond donors (Lipinski definition) is 0. The number of nitrogens with zero attached hydrogens (tertiary/aromatic N) is 2. The Labute approximate surface area is 174 Å². The average Bonchev–Trinajstić information content (AvgIpc) is 3.12. The molecule has 1 aromatic heterocycles. The average molecular weight is 441 g/mol. The zero-order valence-electron chi connectivity index (χ0n) is 15.4. The van der Waals surface area contributed by atoms with Crippen LogP contribution in [0.15, 0.2) is 47.4 Å². The maximum Gasteiger partial charge on any atom is 0.246 e. The summed E-state index contributed by atoms with van der Waals surface area (Å²) in [5.74, 6) is 0.498. The van der Waals surface area contributed by atoms with E-state index in [2.05, 4.69) is 0 Å². The van der Waals surface area contributed by atoms with Gasteiger partial charge in [0.2, 0.25) is 15.9 Å². The molecule has 0 radical (unpaired) electrons. The quantitative estimate of drug-likeness (QED) is 0.646. The Morgan fingerprint density at radius 2 is 1.82 bits per heavy atom. The van der Waals surface area contributed by atoms with Gasteiger partial charge in [0.15, 0.2) is 0 Å². The van der Waals surface area contributed by atoms with E-state index in [4.69, 9.17) is 16.3 Å². The van der Waals surface area contributed by atoms with Crippen LogP contribution in [0, 0.1) is 0 Å². The Morgan fingerprint density at radius 3 is 2.39 bits per heavy atom. The van der Waals surface area contributed by atoms with Gasteiger partial charge >= 0.3 is 0 Å². The summed E-state index contributed by atoms with van der Waals surface area (Å²) >= 11 is 7.27. The highest BCUT2D eigenvalue weighted by molar-refractivity contribution is 7.89. The third-order valence-electron chi connectivity index (χ3n) is 4.31. The predicted molar refractivity (Wildman–Crippen MR) is 111 cm³/mol. The molecule has 150 valence electrons. The van der Waals surface area contributed by atoms with Crippen molar-refractivity contribution < 1.29 is 17.9 Å². The van der Waals surface area contributed by atoms with Crippen LogP contribution in [-0.4, -0.2) is 56.3 Å². The van der Waals surface area contributed by atoms with Gasteiger partial charge in [-0.05, 0) is 49.4 Å². The molecule has 0 spiro atoms. The Hall–Kier alpha value is -1.87. The number of benzene rings is 1. The molecule has 3 rings (SSSR count). The third-order valence-corrected chi connectivity index (χ3v) is 7.42. The number of thiophene rings is 1. The maximum absolute atomic E-state index is 12.8. The molecule has 0 N–H and O–H groups in total. The van der Waals surface area contributed by atoms with E-state index in [0.29, 0.717) is 29.8 Å². The zero-order valence-corrected chi connectivity index (χ0v) is 17.8. The van der Waals surface area contributed by atoms with Crippen molar-refractivity contribution in [2.45, 2.75) is 11.8 Å². The van der Waals surface area contributed by atoms with Gasteiger partial charge in [0, 0.05) is 37.1 Å². The van der Waals surface area contributed by atoms with Crippen LogP contribution >= 0.6 is 22.9 Å². The van der Waals surface area contributed by atoms with Gasteiger partial charge in [0.05, 0.1) is 15.8 Å². The van der Waals surface area contributed by atoms with Crippen LogP contribution in [0.25, 0.3) is 6.08 Å². The van der Waals surface area contributed by atoms with Crippen molar-refractivity contribution >= 4 is 44.9 Å². The van der Waals surface area contributed by atoms with Gasteiger partial charge in [-0.3, -0.25) is 4.79 Å². The fourth-order valence-electron chi connectivity index (χ4n) is 2.85. The van der Waals surface area contributed by atoms with Crippen molar-refractivity contribution in [1.29, 1.82) is 0 Å². The predicted octanol–water partition coefficient (Wildman–Crippen LogP) is 3.35. The summed E-state index contributed by atoms with van der Waals surface area (Å²) in [6.07, 6.45) is 3.22. The number of ether oxygens (including phenoxy) is 1. The van der Waals surface area contributed by atoms with Crippen LogP contribution in [0.4, 0.5) is 0 Å². The first-order chi connectivity index (χ1) is 13.4. The minimum atomic E-state index is -3.59. The Morgan fingerprint density at radius 1 is 1.14 bits per heavy atom. The molecule has 1 saturated heterocycles. The van der Waals surface area contributed by atoms with Crippen molar-refractivity contribution in [2.24, 2.45) is 0 Å². The van der Waals surface area contributed by atoms with Crippen molar-refractivity contribution in [3.05, 3.63) is 51.7 Å². The molecule has 9 heteroatoms. The Balaban J connectivity index is 1.59. The van der Waals surface area contributed by atoms with Crippen LogP contribution in [0.3, 0.4) is 0 Å². The first kappa shape index (κ1) is 20.9. The van der Waals surface area contributed by atoms with Crippen LogP contribution in [-0.2, 0) is 14.8 Å². The van der Waals surface area contributed by atoms with E-state index in [9.17, 15) is 13.2 Å². The van der Waals surface area contributed by atoms with Crippen LogP contribution in [0.5, 0.6) is 5.75 Å². The molecule has 1 aliphatic rings. The van der Waals surface area contributed by atoms with Gasteiger partial charge in [-0.15, -0.1) is 11.3 Å². The minimum Gasteiger partial charge on any atom is -0.494 e. The summed E-state index contributed by atoms with van der Waals surface area (Å²) in [5.41, 5.74) is 0. The number of halogens is 1. The Kier molecular flexibility index (Phi) is 6.77. The number of sulfonamides is 1. The number of hydrogen-bond acceptors (Lipinski definition) is 5. The van der Waals surface area contributed by atoms with Gasteiger partial charge in [0.25, 0.3) is 0 Å².